The molecule has 0 aliphatic carbocycles. The molecule has 1 N–H and O–H groups in total. The van der Waals surface area contributed by atoms with Gasteiger partial charge in [0, 0.05) is 25.7 Å². The van der Waals surface area contributed by atoms with Crippen molar-refractivity contribution in [1.29, 1.82) is 0 Å². The lowest BCUT2D eigenvalue weighted by Gasteiger charge is -2.34. The highest BCUT2D eigenvalue weighted by Gasteiger charge is 2.24. The lowest BCUT2D eigenvalue weighted by Crippen LogP contribution is -2.52. The number of rotatable bonds is 5. The molecule has 2 rings (SSSR count). The number of carbonyl (C=O) groups excluding carboxylic acids is 1. The molecule has 0 spiro atoms. The molecule has 1 atom stereocenters. The van der Waals surface area contributed by atoms with E-state index in [-0.39, 0.29) is 11.9 Å². The minimum absolute atomic E-state index is 0.114. The summed E-state index contributed by atoms with van der Waals surface area (Å²) in [4.78, 5) is 14.4. The molecule has 1 saturated heterocycles. The molecule has 0 aromatic heterocycles. The average Bonchev–Trinajstić information content (AvgIpc) is 2.54. The van der Waals surface area contributed by atoms with Crippen molar-refractivity contribution in [2.45, 2.75) is 19.4 Å². The zero-order chi connectivity index (χ0) is 16.1. The van der Waals surface area contributed by atoms with Crippen LogP contribution in [0.5, 0.6) is 17.2 Å². The molecule has 1 heterocycles. The van der Waals surface area contributed by atoms with Crippen LogP contribution in [0.2, 0.25) is 0 Å². The molecule has 22 heavy (non-hydrogen) atoms. The second-order valence-electron chi connectivity index (χ2n) is 5.35. The van der Waals surface area contributed by atoms with Crippen molar-refractivity contribution in [3.8, 4) is 17.2 Å². The van der Waals surface area contributed by atoms with Crippen LogP contribution in [-0.4, -0.2) is 57.8 Å². The summed E-state index contributed by atoms with van der Waals surface area (Å²) < 4.78 is 16.0. The highest BCUT2D eigenvalue weighted by molar-refractivity contribution is 5.79. The number of benzene rings is 1. The van der Waals surface area contributed by atoms with Crippen molar-refractivity contribution in [3.05, 3.63) is 17.7 Å². The smallest absolute Gasteiger partial charge is 0.227 e. The van der Waals surface area contributed by atoms with Crippen LogP contribution >= 0.6 is 0 Å². The van der Waals surface area contributed by atoms with Crippen LogP contribution in [0.15, 0.2) is 12.1 Å². The molecule has 1 aromatic carbocycles. The maximum atomic E-state index is 12.5. The number of hydrogen-bond acceptors (Lipinski definition) is 5. The first kappa shape index (κ1) is 16.4. The standard InChI is InChI=1S/C16H24N2O4/c1-11-10-17-5-6-18(11)15(19)9-12-7-13(20-2)16(22-4)14(8-12)21-3/h7-8,11,17H,5-6,9-10H2,1-4H3/t11-/m1/s1. The Balaban J connectivity index is 2.20. The predicted molar refractivity (Wildman–Crippen MR) is 83.8 cm³/mol. The van der Waals surface area contributed by atoms with Crippen LogP contribution in [0.25, 0.3) is 0 Å². The molecule has 1 aliphatic heterocycles. The molecule has 0 radical (unpaired) electrons. The van der Waals surface area contributed by atoms with Crippen molar-refractivity contribution < 1.29 is 19.0 Å². The largest absolute Gasteiger partial charge is 0.493 e. The van der Waals surface area contributed by atoms with Gasteiger partial charge >= 0.3 is 0 Å². The molecule has 0 unspecified atom stereocenters. The second kappa shape index (κ2) is 7.35. The van der Waals surface area contributed by atoms with Gasteiger partial charge in [0.05, 0.1) is 27.8 Å². The number of carbonyl (C=O) groups is 1. The Morgan fingerprint density at radius 1 is 1.23 bits per heavy atom. The molecule has 6 nitrogen and oxygen atoms in total. The number of nitrogens with zero attached hydrogens (tertiary/aromatic N) is 1. The fraction of sp³-hybridized carbons (Fsp3) is 0.562. The fourth-order valence-corrected chi connectivity index (χ4v) is 2.73. The van der Waals surface area contributed by atoms with Gasteiger partial charge in [-0.15, -0.1) is 0 Å². The van der Waals surface area contributed by atoms with Gasteiger partial charge in [-0.05, 0) is 24.6 Å². The normalized spacial score (nSPS) is 18.0. The van der Waals surface area contributed by atoms with Gasteiger partial charge in [-0.25, -0.2) is 0 Å². The summed E-state index contributed by atoms with van der Waals surface area (Å²) in [5, 5.41) is 3.28. The van der Waals surface area contributed by atoms with Gasteiger partial charge in [0.2, 0.25) is 11.7 Å². The highest BCUT2D eigenvalue weighted by Crippen LogP contribution is 2.38. The highest BCUT2D eigenvalue weighted by atomic mass is 16.5. The second-order valence-corrected chi connectivity index (χ2v) is 5.35. The molecular formula is C16H24N2O4. The Kier molecular flexibility index (Phi) is 5.49. The summed E-state index contributed by atoms with van der Waals surface area (Å²) >= 11 is 0. The van der Waals surface area contributed by atoms with Crippen LogP contribution < -0.4 is 19.5 Å². The van der Waals surface area contributed by atoms with E-state index in [9.17, 15) is 4.79 Å². The van der Waals surface area contributed by atoms with Crippen molar-refractivity contribution in [3.63, 3.8) is 0 Å². The first-order chi connectivity index (χ1) is 10.6. The monoisotopic (exact) mass is 308 g/mol. The van der Waals surface area contributed by atoms with E-state index < -0.39 is 0 Å². The summed E-state index contributed by atoms with van der Waals surface area (Å²) in [5.41, 5.74) is 0.852. The molecule has 6 heteroatoms. The molecule has 0 bridgehead atoms. The molecule has 1 aromatic rings. The van der Waals surface area contributed by atoms with E-state index in [4.69, 9.17) is 14.2 Å². The number of ether oxygens (including phenoxy) is 3. The van der Waals surface area contributed by atoms with E-state index in [2.05, 4.69) is 12.2 Å². The first-order valence-corrected chi connectivity index (χ1v) is 7.39. The average molecular weight is 308 g/mol. The fourth-order valence-electron chi connectivity index (χ4n) is 2.73. The number of amides is 1. The number of hydrogen-bond donors (Lipinski definition) is 1. The van der Waals surface area contributed by atoms with E-state index in [1.54, 1.807) is 21.3 Å². The van der Waals surface area contributed by atoms with Crippen molar-refractivity contribution in [1.82, 2.24) is 10.2 Å². The van der Waals surface area contributed by atoms with Gasteiger partial charge in [-0.2, -0.15) is 0 Å². The third-order valence-electron chi connectivity index (χ3n) is 3.90. The van der Waals surface area contributed by atoms with Crippen molar-refractivity contribution >= 4 is 5.91 Å². The van der Waals surface area contributed by atoms with E-state index in [0.29, 0.717) is 23.7 Å². The lowest BCUT2D eigenvalue weighted by molar-refractivity contribution is -0.133. The van der Waals surface area contributed by atoms with Crippen LogP contribution in [0.1, 0.15) is 12.5 Å². The molecule has 0 saturated carbocycles. The minimum Gasteiger partial charge on any atom is -0.493 e. The number of piperazine rings is 1. The van der Waals surface area contributed by atoms with E-state index in [0.717, 1.165) is 25.2 Å². The van der Waals surface area contributed by atoms with Gasteiger partial charge in [-0.1, -0.05) is 0 Å². The van der Waals surface area contributed by atoms with E-state index in [1.807, 2.05) is 17.0 Å². The Hall–Kier alpha value is -1.95. The minimum atomic E-state index is 0.114. The Labute approximate surface area is 131 Å². The number of nitrogens with one attached hydrogen (secondary N) is 1. The van der Waals surface area contributed by atoms with Gasteiger partial charge in [0.25, 0.3) is 0 Å². The zero-order valence-electron chi connectivity index (χ0n) is 13.6. The van der Waals surface area contributed by atoms with Gasteiger partial charge in [0.15, 0.2) is 11.5 Å². The lowest BCUT2D eigenvalue weighted by atomic mass is 10.1. The third kappa shape index (κ3) is 3.44. The van der Waals surface area contributed by atoms with Gasteiger partial charge in [-0.3, -0.25) is 4.79 Å². The maximum Gasteiger partial charge on any atom is 0.227 e. The summed E-state index contributed by atoms with van der Waals surface area (Å²) in [6.07, 6.45) is 0.320. The van der Waals surface area contributed by atoms with Gasteiger partial charge < -0.3 is 24.4 Å². The molecule has 122 valence electrons. The van der Waals surface area contributed by atoms with Gasteiger partial charge in [0.1, 0.15) is 0 Å². The Bertz CT molecular complexity index is 508. The van der Waals surface area contributed by atoms with Crippen LogP contribution in [0.3, 0.4) is 0 Å². The summed E-state index contributed by atoms with van der Waals surface area (Å²) in [6, 6.07) is 3.86. The summed E-state index contributed by atoms with van der Waals surface area (Å²) in [7, 11) is 4.70. The quantitative estimate of drug-likeness (QED) is 0.882. The topological polar surface area (TPSA) is 60.0 Å². The predicted octanol–water partition coefficient (Wildman–Crippen LogP) is 1.08. The van der Waals surface area contributed by atoms with Crippen LogP contribution in [-0.2, 0) is 11.2 Å². The summed E-state index contributed by atoms with van der Waals surface area (Å²) in [5.74, 6) is 1.79. The van der Waals surface area contributed by atoms with Crippen LogP contribution in [0.4, 0.5) is 0 Å². The Morgan fingerprint density at radius 2 is 1.86 bits per heavy atom. The molecule has 1 fully saturated rings. The zero-order valence-corrected chi connectivity index (χ0v) is 13.6. The summed E-state index contributed by atoms with van der Waals surface area (Å²) in [6.45, 7) is 4.47. The van der Waals surface area contributed by atoms with E-state index >= 15 is 0 Å². The molecule has 1 aliphatic rings. The molecule has 1 amide bonds. The molecular weight excluding hydrogens is 284 g/mol. The maximum absolute atomic E-state index is 12.5. The Morgan fingerprint density at radius 3 is 2.36 bits per heavy atom. The SMILES string of the molecule is COc1cc(CC(=O)N2CCNC[C@H]2C)cc(OC)c1OC. The van der Waals surface area contributed by atoms with Crippen molar-refractivity contribution in [2.24, 2.45) is 0 Å². The third-order valence-corrected chi connectivity index (χ3v) is 3.90. The number of methoxy groups -OCH3 is 3. The van der Waals surface area contributed by atoms with E-state index in [1.165, 1.54) is 0 Å². The van der Waals surface area contributed by atoms with Crippen LogP contribution in [0, 0.1) is 0 Å². The van der Waals surface area contributed by atoms with Crippen molar-refractivity contribution in [2.75, 3.05) is 41.0 Å². The first-order valence-electron chi connectivity index (χ1n) is 7.39.